The number of hydrogen-bond donors (Lipinski definition) is 1. The summed E-state index contributed by atoms with van der Waals surface area (Å²) in [5.74, 6) is -0.685. The maximum Gasteiger partial charge on any atom is 0.273 e. The molecule has 0 aliphatic carbocycles. The van der Waals surface area contributed by atoms with Crippen LogP contribution in [0.3, 0.4) is 0 Å². The number of nitrogens with zero attached hydrogens (tertiary/aromatic N) is 2. The van der Waals surface area contributed by atoms with Crippen LogP contribution in [0.4, 0.5) is 4.39 Å². The Morgan fingerprint density at radius 1 is 1.38 bits per heavy atom. The van der Waals surface area contributed by atoms with Crippen molar-refractivity contribution in [3.63, 3.8) is 0 Å². The molecule has 0 bridgehead atoms. The molecule has 7 heteroatoms. The summed E-state index contributed by atoms with van der Waals surface area (Å²) < 4.78 is 18.1. The second-order valence-electron chi connectivity index (χ2n) is 5.02. The van der Waals surface area contributed by atoms with Crippen molar-refractivity contribution in [1.29, 1.82) is 0 Å². The van der Waals surface area contributed by atoms with Gasteiger partial charge in [0, 0.05) is 24.7 Å². The molecule has 0 fully saturated rings. The number of amides is 2. The number of hydrogen-bond acceptors (Lipinski definition) is 4. The molecule has 2 rings (SSSR count). The van der Waals surface area contributed by atoms with Crippen molar-refractivity contribution in [1.82, 2.24) is 15.4 Å². The SMILES string of the molecule is C=CCN(Cc1cc(C(=O)NCC)no1)C(=O)c1ccc(F)cc1. The Balaban J connectivity index is 2.13. The van der Waals surface area contributed by atoms with E-state index in [4.69, 9.17) is 4.52 Å². The Morgan fingerprint density at radius 2 is 2.08 bits per heavy atom. The van der Waals surface area contributed by atoms with Crippen LogP contribution in [0, 0.1) is 5.82 Å². The number of nitrogens with one attached hydrogen (secondary N) is 1. The summed E-state index contributed by atoms with van der Waals surface area (Å²) >= 11 is 0. The molecule has 2 amide bonds. The third kappa shape index (κ3) is 4.28. The highest BCUT2D eigenvalue weighted by molar-refractivity contribution is 5.94. The minimum atomic E-state index is -0.413. The molecule has 0 saturated carbocycles. The summed E-state index contributed by atoms with van der Waals surface area (Å²) in [5, 5.41) is 6.31. The van der Waals surface area contributed by atoms with Crippen LogP contribution in [-0.4, -0.2) is 35.0 Å². The molecule has 1 aromatic carbocycles. The average molecular weight is 331 g/mol. The van der Waals surface area contributed by atoms with Crippen molar-refractivity contribution in [3.05, 3.63) is 65.8 Å². The fourth-order valence-electron chi connectivity index (χ4n) is 2.08. The van der Waals surface area contributed by atoms with Crippen LogP contribution in [0.25, 0.3) is 0 Å². The highest BCUT2D eigenvalue weighted by atomic mass is 19.1. The van der Waals surface area contributed by atoms with Crippen LogP contribution in [0.15, 0.2) is 47.5 Å². The molecule has 24 heavy (non-hydrogen) atoms. The van der Waals surface area contributed by atoms with Crippen LogP contribution in [0.1, 0.15) is 33.5 Å². The van der Waals surface area contributed by atoms with Gasteiger partial charge in [-0.25, -0.2) is 4.39 Å². The molecule has 0 aliphatic rings. The second kappa shape index (κ2) is 8.05. The number of benzene rings is 1. The Hall–Kier alpha value is -2.96. The lowest BCUT2D eigenvalue weighted by atomic mass is 10.2. The van der Waals surface area contributed by atoms with E-state index in [1.54, 1.807) is 13.0 Å². The van der Waals surface area contributed by atoms with Crippen LogP contribution in [-0.2, 0) is 6.54 Å². The minimum Gasteiger partial charge on any atom is -0.359 e. The van der Waals surface area contributed by atoms with Crippen LogP contribution < -0.4 is 5.32 Å². The summed E-state index contributed by atoms with van der Waals surface area (Å²) in [6.45, 7) is 6.29. The van der Waals surface area contributed by atoms with Gasteiger partial charge in [0.2, 0.25) is 0 Å². The third-order valence-electron chi connectivity index (χ3n) is 3.20. The van der Waals surface area contributed by atoms with Crippen molar-refractivity contribution in [2.45, 2.75) is 13.5 Å². The summed E-state index contributed by atoms with van der Waals surface area (Å²) in [5.41, 5.74) is 0.501. The summed E-state index contributed by atoms with van der Waals surface area (Å²) in [6, 6.07) is 6.75. The van der Waals surface area contributed by atoms with Crippen molar-refractivity contribution in [2.75, 3.05) is 13.1 Å². The lowest BCUT2D eigenvalue weighted by molar-refractivity contribution is 0.0747. The maximum atomic E-state index is 13.0. The monoisotopic (exact) mass is 331 g/mol. The average Bonchev–Trinajstić information content (AvgIpc) is 3.03. The number of aromatic nitrogens is 1. The van der Waals surface area contributed by atoms with E-state index in [0.717, 1.165) is 0 Å². The highest BCUT2D eigenvalue weighted by Crippen LogP contribution is 2.12. The first-order chi connectivity index (χ1) is 11.5. The highest BCUT2D eigenvalue weighted by Gasteiger charge is 2.19. The zero-order chi connectivity index (χ0) is 17.5. The molecule has 0 radical (unpaired) electrons. The van der Waals surface area contributed by atoms with E-state index >= 15 is 0 Å². The van der Waals surface area contributed by atoms with Crippen molar-refractivity contribution in [2.24, 2.45) is 0 Å². The predicted octanol–water partition coefficient (Wildman–Crippen LogP) is 2.39. The van der Waals surface area contributed by atoms with Gasteiger partial charge < -0.3 is 14.7 Å². The molecule has 1 aromatic heterocycles. The molecule has 0 saturated heterocycles. The van der Waals surface area contributed by atoms with E-state index in [1.807, 2.05) is 0 Å². The Kier molecular flexibility index (Phi) is 5.83. The largest absolute Gasteiger partial charge is 0.359 e. The Morgan fingerprint density at radius 3 is 2.71 bits per heavy atom. The molecule has 0 spiro atoms. The van der Waals surface area contributed by atoms with Gasteiger partial charge in [0.1, 0.15) is 5.82 Å². The van der Waals surface area contributed by atoms with Crippen molar-refractivity contribution in [3.8, 4) is 0 Å². The minimum absolute atomic E-state index is 0.120. The van der Waals surface area contributed by atoms with E-state index in [9.17, 15) is 14.0 Å². The van der Waals surface area contributed by atoms with Gasteiger partial charge >= 0.3 is 0 Å². The quantitative estimate of drug-likeness (QED) is 0.791. The maximum absolute atomic E-state index is 13.0. The van der Waals surface area contributed by atoms with Gasteiger partial charge in [-0.1, -0.05) is 11.2 Å². The van der Waals surface area contributed by atoms with Gasteiger partial charge in [-0.15, -0.1) is 6.58 Å². The van der Waals surface area contributed by atoms with Gasteiger partial charge in [-0.2, -0.15) is 0 Å². The number of carbonyl (C=O) groups excluding carboxylic acids is 2. The normalized spacial score (nSPS) is 10.2. The smallest absolute Gasteiger partial charge is 0.273 e. The molecule has 6 nitrogen and oxygen atoms in total. The van der Waals surface area contributed by atoms with Crippen molar-refractivity contribution >= 4 is 11.8 Å². The molecule has 1 N–H and O–H groups in total. The van der Waals surface area contributed by atoms with Gasteiger partial charge in [0.05, 0.1) is 6.54 Å². The topological polar surface area (TPSA) is 75.4 Å². The molecule has 0 atom stereocenters. The predicted molar refractivity (Wildman–Crippen MR) is 85.8 cm³/mol. The lowest BCUT2D eigenvalue weighted by Gasteiger charge is -2.19. The van der Waals surface area contributed by atoms with Crippen LogP contribution >= 0.6 is 0 Å². The molecule has 0 aliphatic heterocycles. The van der Waals surface area contributed by atoms with Crippen LogP contribution in [0.2, 0.25) is 0 Å². The van der Waals surface area contributed by atoms with Gasteiger partial charge in [0.15, 0.2) is 11.5 Å². The van der Waals surface area contributed by atoms with Gasteiger partial charge in [-0.3, -0.25) is 9.59 Å². The van der Waals surface area contributed by atoms with E-state index in [-0.39, 0.29) is 30.6 Å². The standard InChI is InChI=1S/C17H18FN3O3/c1-3-9-21(17(23)12-5-7-13(18)8-6-12)11-14-10-15(20-24-14)16(22)19-4-2/h3,5-8,10H,1,4,9,11H2,2H3,(H,19,22). The Bertz CT molecular complexity index is 725. The van der Waals surface area contributed by atoms with Crippen molar-refractivity contribution < 1.29 is 18.5 Å². The second-order valence-corrected chi connectivity index (χ2v) is 5.02. The van der Waals surface area contributed by atoms with Gasteiger partial charge in [0.25, 0.3) is 11.8 Å². The summed E-state index contributed by atoms with van der Waals surface area (Å²) in [6.07, 6.45) is 1.57. The first kappa shape index (κ1) is 17.4. The summed E-state index contributed by atoms with van der Waals surface area (Å²) in [4.78, 5) is 25.7. The van der Waals surface area contributed by atoms with E-state index in [2.05, 4.69) is 17.1 Å². The number of halogens is 1. The molecule has 2 aromatic rings. The molecular weight excluding hydrogens is 313 g/mol. The number of carbonyl (C=O) groups is 2. The fraction of sp³-hybridized carbons (Fsp3) is 0.235. The van der Waals surface area contributed by atoms with Gasteiger partial charge in [-0.05, 0) is 31.2 Å². The lowest BCUT2D eigenvalue weighted by Crippen LogP contribution is -2.30. The Labute approximate surface area is 138 Å². The molecule has 1 heterocycles. The number of rotatable bonds is 7. The summed E-state index contributed by atoms with van der Waals surface area (Å²) in [7, 11) is 0. The van der Waals surface area contributed by atoms with Crippen LogP contribution in [0.5, 0.6) is 0 Å². The fourth-order valence-corrected chi connectivity index (χ4v) is 2.08. The zero-order valence-electron chi connectivity index (χ0n) is 13.3. The first-order valence-corrected chi connectivity index (χ1v) is 7.44. The first-order valence-electron chi connectivity index (χ1n) is 7.44. The third-order valence-corrected chi connectivity index (χ3v) is 3.20. The molecular formula is C17H18FN3O3. The zero-order valence-corrected chi connectivity index (χ0v) is 13.3. The van der Waals surface area contributed by atoms with E-state index < -0.39 is 5.82 Å². The van der Waals surface area contributed by atoms with E-state index in [1.165, 1.54) is 35.2 Å². The van der Waals surface area contributed by atoms with E-state index in [0.29, 0.717) is 17.9 Å². The molecule has 0 unspecified atom stereocenters. The molecule has 126 valence electrons.